The molecule has 0 aliphatic heterocycles. The van der Waals surface area contributed by atoms with Gasteiger partial charge in [0.05, 0.1) is 17.2 Å². The van der Waals surface area contributed by atoms with Crippen LogP contribution >= 0.6 is 0 Å². The molecule has 1 atom stereocenters. The van der Waals surface area contributed by atoms with E-state index in [9.17, 15) is 9.59 Å². The van der Waals surface area contributed by atoms with Gasteiger partial charge in [0.15, 0.2) is 0 Å². The van der Waals surface area contributed by atoms with Gasteiger partial charge in [-0.3, -0.25) is 9.59 Å². The second-order valence-electron chi connectivity index (χ2n) is 3.89. The SMILES string of the molecule is Cc1nc(C(=O)NCC(C)C(=O)O)ccc1C#N. The van der Waals surface area contributed by atoms with E-state index < -0.39 is 17.8 Å². The third-order valence-electron chi connectivity index (χ3n) is 2.43. The van der Waals surface area contributed by atoms with Crippen LogP contribution in [0.3, 0.4) is 0 Å². The molecule has 1 rings (SSSR count). The molecule has 0 aromatic carbocycles. The number of aryl methyl sites for hydroxylation is 1. The Morgan fingerprint density at radius 1 is 1.56 bits per heavy atom. The van der Waals surface area contributed by atoms with Crippen molar-refractivity contribution >= 4 is 11.9 Å². The van der Waals surface area contributed by atoms with Gasteiger partial charge >= 0.3 is 5.97 Å². The molecule has 1 heterocycles. The molecule has 1 aromatic rings. The van der Waals surface area contributed by atoms with E-state index >= 15 is 0 Å². The lowest BCUT2D eigenvalue weighted by Crippen LogP contribution is -2.32. The second kappa shape index (κ2) is 5.77. The maximum Gasteiger partial charge on any atom is 0.308 e. The summed E-state index contributed by atoms with van der Waals surface area (Å²) in [5, 5.41) is 19.9. The number of pyridine rings is 1. The summed E-state index contributed by atoms with van der Waals surface area (Å²) in [5.74, 6) is -2.08. The maximum atomic E-state index is 11.7. The Hall–Kier alpha value is -2.42. The van der Waals surface area contributed by atoms with Gasteiger partial charge < -0.3 is 10.4 Å². The van der Waals surface area contributed by atoms with Crippen LogP contribution in [0.25, 0.3) is 0 Å². The Bertz CT molecular complexity index is 520. The number of hydrogen-bond acceptors (Lipinski definition) is 4. The van der Waals surface area contributed by atoms with Crippen molar-refractivity contribution in [2.24, 2.45) is 5.92 Å². The summed E-state index contributed by atoms with van der Waals surface area (Å²) in [6.45, 7) is 3.17. The molecule has 2 N–H and O–H groups in total. The van der Waals surface area contributed by atoms with E-state index in [0.717, 1.165) is 0 Å². The molecule has 0 fully saturated rings. The van der Waals surface area contributed by atoms with Gasteiger partial charge in [-0.15, -0.1) is 0 Å². The molecule has 1 aromatic heterocycles. The molecule has 0 radical (unpaired) electrons. The van der Waals surface area contributed by atoms with Gasteiger partial charge in [0, 0.05) is 6.54 Å². The van der Waals surface area contributed by atoms with Crippen LogP contribution in [-0.4, -0.2) is 28.5 Å². The summed E-state index contributed by atoms with van der Waals surface area (Å²) in [5.41, 5.74) is 1.05. The normalized spacial score (nSPS) is 11.4. The summed E-state index contributed by atoms with van der Waals surface area (Å²) < 4.78 is 0. The first-order valence-corrected chi connectivity index (χ1v) is 5.34. The Morgan fingerprint density at radius 2 is 2.22 bits per heavy atom. The predicted molar refractivity (Wildman–Crippen MR) is 62.8 cm³/mol. The lowest BCUT2D eigenvalue weighted by Gasteiger charge is -2.08. The number of carbonyl (C=O) groups is 2. The van der Waals surface area contributed by atoms with Crippen molar-refractivity contribution in [3.8, 4) is 6.07 Å². The predicted octanol–water partition coefficient (Wildman–Crippen LogP) is 0.712. The quantitative estimate of drug-likeness (QED) is 0.815. The zero-order valence-corrected chi connectivity index (χ0v) is 10.1. The van der Waals surface area contributed by atoms with E-state index in [1.165, 1.54) is 19.1 Å². The van der Waals surface area contributed by atoms with Crippen LogP contribution in [0, 0.1) is 24.2 Å². The molecule has 0 saturated carbocycles. The zero-order chi connectivity index (χ0) is 13.7. The first-order valence-electron chi connectivity index (χ1n) is 5.34. The number of nitrogens with one attached hydrogen (secondary N) is 1. The molecule has 0 spiro atoms. The highest BCUT2D eigenvalue weighted by Gasteiger charge is 2.14. The van der Waals surface area contributed by atoms with Crippen molar-refractivity contribution in [1.29, 1.82) is 5.26 Å². The lowest BCUT2D eigenvalue weighted by atomic mass is 10.1. The molecule has 1 amide bonds. The smallest absolute Gasteiger partial charge is 0.308 e. The molecule has 1 unspecified atom stereocenters. The first-order chi connectivity index (χ1) is 8.45. The highest BCUT2D eigenvalue weighted by molar-refractivity contribution is 5.92. The number of carboxylic acids is 1. The topological polar surface area (TPSA) is 103 Å². The van der Waals surface area contributed by atoms with Crippen molar-refractivity contribution in [2.45, 2.75) is 13.8 Å². The van der Waals surface area contributed by atoms with E-state index in [2.05, 4.69) is 10.3 Å². The lowest BCUT2D eigenvalue weighted by molar-refractivity contribution is -0.140. The molecule has 0 bridgehead atoms. The van der Waals surface area contributed by atoms with Crippen LogP contribution < -0.4 is 5.32 Å². The van der Waals surface area contributed by atoms with Gasteiger partial charge in [-0.2, -0.15) is 5.26 Å². The standard InChI is InChI=1S/C12H13N3O3/c1-7(12(17)18)6-14-11(16)10-4-3-9(5-13)8(2)15-10/h3-4,7H,6H2,1-2H3,(H,14,16)(H,17,18). The van der Waals surface area contributed by atoms with Crippen LogP contribution in [0.15, 0.2) is 12.1 Å². The monoisotopic (exact) mass is 247 g/mol. The van der Waals surface area contributed by atoms with Crippen LogP contribution in [0.2, 0.25) is 0 Å². The summed E-state index contributed by atoms with van der Waals surface area (Å²) in [7, 11) is 0. The number of carboxylic acid groups (broad SMARTS) is 1. The van der Waals surface area contributed by atoms with Crippen LogP contribution in [-0.2, 0) is 4.79 Å². The number of rotatable bonds is 4. The molecule has 18 heavy (non-hydrogen) atoms. The fourth-order valence-electron chi connectivity index (χ4n) is 1.23. The number of carbonyl (C=O) groups excluding carboxylic acids is 1. The first kappa shape index (κ1) is 13.6. The largest absolute Gasteiger partial charge is 0.481 e. The molecule has 6 nitrogen and oxygen atoms in total. The maximum absolute atomic E-state index is 11.7. The summed E-state index contributed by atoms with van der Waals surface area (Å²) in [6.07, 6.45) is 0. The minimum Gasteiger partial charge on any atom is -0.481 e. The molecule has 94 valence electrons. The van der Waals surface area contributed by atoms with Crippen LogP contribution in [0.5, 0.6) is 0 Å². The number of amides is 1. The third kappa shape index (κ3) is 3.28. The van der Waals surface area contributed by atoms with Crippen LogP contribution in [0.4, 0.5) is 0 Å². The van der Waals surface area contributed by atoms with Gasteiger partial charge in [-0.05, 0) is 19.1 Å². The minimum atomic E-state index is -0.973. The van der Waals surface area contributed by atoms with Crippen molar-refractivity contribution in [1.82, 2.24) is 10.3 Å². The highest BCUT2D eigenvalue weighted by atomic mass is 16.4. The van der Waals surface area contributed by atoms with Gasteiger partial charge in [-0.25, -0.2) is 4.98 Å². The molecule has 0 aliphatic carbocycles. The van der Waals surface area contributed by atoms with E-state index in [1.54, 1.807) is 6.92 Å². The zero-order valence-electron chi connectivity index (χ0n) is 10.1. The Morgan fingerprint density at radius 3 is 2.72 bits per heavy atom. The molecule has 0 aliphatic rings. The number of aromatic nitrogens is 1. The average molecular weight is 247 g/mol. The van der Waals surface area contributed by atoms with Crippen LogP contribution in [0.1, 0.15) is 28.7 Å². The number of hydrogen-bond donors (Lipinski definition) is 2. The van der Waals surface area contributed by atoms with E-state index in [1.807, 2.05) is 6.07 Å². The molecular weight excluding hydrogens is 234 g/mol. The molecule has 0 saturated heterocycles. The van der Waals surface area contributed by atoms with Gasteiger partial charge in [0.25, 0.3) is 5.91 Å². The second-order valence-corrected chi connectivity index (χ2v) is 3.89. The van der Waals surface area contributed by atoms with Crippen molar-refractivity contribution < 1.29 is 14.7 Å². The van der Waals surface area contributed by atoms with Crippen molar-refractivity contribution in [3.05, 3.63) is 29.1 Å². The summed E-state index contributed by atoms with van der Waals surface area (Å²) >= 11 is 0. The van der Waals surface area contributed by atoms with Gasteiger partial charge in [0.1, 0.15) is 11.8 Å². The van der Waals surface area contributed by atoms with E-state index in [-0.39, 0.29) is 12.2 Å². The van der Waals surface area contributed by atoms with Gasteiger partial charge in [-0.1, -0.05) is 6.92 Å². The molecular formula is C12H13N3O3. The summed E-state index contributed by atoms with van der Waals surface area (Å²) in [4.78, 5) is 26.2. The van der Waals surface area contributed by atoms with E-state index in [4.69, 9.17) is 10.4 Å². The number of nitriles is 1. The average Bonchev–Trinajstić information content (AvgIpc) is 2.35. The third-order valence-corrected chi connectivity index (χ3v) is 2.43. The summed E-state index contributed by atoms with van der Waals surface area (Å²) in [6, 6.07) is 4.90. The van der Waals surface area contributed by atoms with Gasteiger partial charge in [0.2, 0.25) is 0 Å². The fourth-order valence-corrected chi connectivity index (χ4v) is 1.23. The number of aliphatic carboxylic acids is 1. The minimum absolute atomic E-state index is 0.0366. The Kier molecular flexibility index (Phi) is 4.38. The Balaban J connectivity index is 2.71. The van der Waals surface area contributed by atoms with Crippen molar-refractivity contribution in [3.63, 3.8) is 0 Å². The fraction of sp³-hybridized carbons (Fsp3) is 0.333. The highest BCUT2D eigenvalue weighted by Crippen LogP contribution is 2.05. The number of nitrogens with zero attached hydrogens (tertiary/aromatic N) is 2. The van der Waals surface area contributed by atoms with Crippen molar-refractivity contribution in [2.75, 3.05) is 6.54 Å². The molecule has 6 heteroatoms. The van der Waals surface area contributed by atoms with E-state index in [0.29, 0.717) is 11.3 Å². The Labute approximate surface area is 104 Å².